The maximum Gasteiger partial charge on any atom is 0.222 e. The SMILES string of the molecule is CC(C)Nc1ncc(CN2CCO[C@@H](CCc3ccccc3)C2)cn1. The molecule has 1 aliphatic heterocycles. The number of hydrogen-bond donors (Lipinski definition) is 1. The molecule has 0 radical (unpaired) electrons. The van der Waals surface area contributed by atoms with Crippen LogP contribution in [0, 0.1) is 0 Å². The van der Waals surface area contributed by atoms with Gasteiger partial charge in [-0.15, -0.1) is 0 Å². The Kier molecular flexibility index (Phi) is 6.36. The Morgan fingerprint density at radius 2 is 1.92 bits per heavy atom. The van der Waals surface area contributed by atoms with Crippen molar-refractivity contribution in [1.82, 2.24) is 14.9 Å². The summed E-state index contributed by atoms with van der Waals surface area (Å²) in [6.07, 6.45) is 6.28. The van der Waals surface area contributed by atoms with E-state index in [0.29, 0.717) is 18.1 Å². The maximum atomic E-state index is 5.95. The zero-order valence-corrected chi connectivity index (χ0v) is 15.2. The Balaban J connectivity index is 1.48. The summed E-state index contributed by atoms with van der Waals surface area (Å²) in [6.45, 7) is 7.79. The van der Waals surface area contributed by atoms with Crippen LogP contribution in [-0.4, -0.2) is 46.7 Å². The molecule has 0 amide bonds. The lowest BCUT2D eigenvalue weighted by Crippen LogP contribution is -2.42. The van der Waals surface area contributed by atoms with E-state index in [0.717, 1.165) is 44.6 Å². The molecule has 2 aromatic rings. The van der Waals surface area contributed by atoms with Crippen molar-refractivity contribution in [1.29, 1.82) is 0 Å². The molecule has 5 heteroatoms. The number of anilines is 1. The Morgan fingerprint density at radius 1 is 1.16 bits per heavy atom. The van der Waals surface area contributed by atoms with E-state index in [1.54, 1.807) is 0 Å². The summed E-state index contributed by atoms with van der Waals surface area (Å²) in [4.78, 5) is 11.2. The number of aromatic nitrogens is 2. The lowest BCUT2D eigenvalue weighted by Gasteiger charge is -2.33. The van der Waals surface area contributed by atoms with Gasteiger partial charge in [-0.1, -0.05) is 30.3 Å². The third kappa shape index (κ3) is 5.80. The molecule has 1 saturated heterocycles. The van der Waals surface area contributed by atoms with Gasteiger partial charge in [0.2, 0.25) is 5.95 Å². The van der Waals surface area contributed by atoms with E-state index in [9.17, 15) is 0 Å². The highest BCUT2D eigenvalue weighted by molar-refractivity contribution is 5.25. The highest BCUT2D eigenvalue weighted by Gasteiger charge is 2.20. The molecule has 0 aliphatic carbocycles. The van der Waals surface area contributed by atoms with Gasteiger partial charge in [0.25, 0.3) is 0 Å². The van der Waals surface area contributed by atoms with Crippen LogP contribution in [0.3, 0.4) is 0 Å². The molecular formula is C20H28N4O. The predicted molar refractivity (Wildman–Crippen MR) is 101 cm³/mol. The van der Waals surface area contributed by atoms with E-state index in [2.05, 4.69) is 64.4 Å². The number of nitrogens with zero attached hydrogens (tertiary/aromatic N) is 3. The first-order valence-electron chi connectivity index (χ1n) is 9.14. The zero-order valence-electron chi connectivity index (χ0n) is 15.2. The Morgan fingerprint density at radius 3 is 2.64 bits per heavy atom. The van der Waals surface area contributed by atoms with Gasteiger partial charge in [-0.2, -0.15) is 0 Å². The molecule has 1 aromatic heterocycles. The van der Waals surface area contributed by atoms with Crippen LogP contribution in [0.25, 0.3) is 0 Å². The Bertz CT molecular complexity index is 630. The molecular weight excluding hydrogens is 312 g/mol. The van der Waals surface area contributed by atoms with Gasteiger partial charge >= 0.3 is 0 Å². The molecule has 1 fully saturated rings. The van der Waals surface area contributed by atoms with Crippen LogP contribution in [0.5, 0.6) is 0 Å². The normalized spacial score (nSPS) is 18.4. The number of rotatable bonds is 7. The van der Waals surface area contributed by atoms with E-state index in [4.69, 9.17) is 4.74 Å². The summed E-state index contributed by atoms with van der Waals surface area (Å²) in [5.41, 5.74) is 2.53. The maximum absolute atomic E-state index is 5.95. The van der Waals surface area contributed by atoms with Crippen LogP contribution >= 0.6 is 0 Å². The molecule has 2 heterocycles. The first kappa shape index (κ1) is 17.8. The minimum absolute atomic E-state index is 0.303. The summed E-state index contributed by atoms with van der Waals surface area (Å²) < 4.78 is 5.95. The van der Waals surface area contributed by atoms with E-state index in [-0.39, 0.29) is 0 Å². The second kappa shape index (κ2) is 8.92. The van der Waals surface area contributed by atoms with Gasteiger partial charge in [0.1, 0.15) is 0 Å². The minimum atomic E-state index is 0.303. The first-order chi connectivity index (χ1) is 12.2. The van der Waals surface area contributed by atoms with Crippen molar-refractivity contribution in [2.75, 3.05) is 25.0 Å². The summed E-state index contributed by atoms with van der Waals surface area (Å²) in [5.74, 6) is 0.696. The van der Waals surface area contributed by atoms with Gasteiger partial charge in [-0.3, -0.25) is 4.90 Å². The average molecular weight is 340 g/mol. The first-order valence-corrected chi connectivity index (χ1v) is 9.14. The average Bonchev–Trinajstić information content (AvgIpc) is 2.62. The monoisotopic (exact) mass is 340 g/mol. The molecule has 1 aliphatic rings. The molecule has 1 N–H and O–H groups in total. The fourth-order valence-electron chi connectivity index (χ4n) is 3.10. The van der Waals surface area contributed by atoms with Crippen molar-refractivity contribution >= 4 is 5.95 Å². The second-order valence-electron chi connectivity index (χ2n) is 6.97. The number of hydrogen-bond acceptors (Lipinski definition) is 5. The quantitative estimate of drug-likeness (QED) is 0.839. The lowest BCUT2D eigenvalue weighted by atomic mass is 10.1. The zero-order chi connectivity index (χ0) is 17.5. The number of nitrogens with one attached hydrogen (secondary N) is 1. The molecule has 0 spiro atoms. The largest absolute Gasteiger partial charge is 0.376 e. The van der Waals surface area contributed by atoms with Crippen LogP contribution < -0.4 is 5.32 Å². The Hall–Kier alpha value is -1.98. The van der Waals surface area contributed by atoms with Crippen LogP contribution in [0.2, 0.25) is 0 Å². The standard InChI is InChI=1S/C20H28N4O/c1-16(2)23-20-21-12-18(13-22-20)14-24-10-11-25-19(15-24)9-8-17-6-4-3-5-7-17/h3-7,12-13,16,19H,8-11,14-15H2,1-2H3,(H,21,22,23)/t19-/m0/s1. The van der Waals surface area contributed by atoms with Crippen molar-refractivity contribution in [3.63, 3.8) is 0 Å². The molecule has 0 saturated carbocycles. The van der Waals surface area contributed by atoms with E-state index in [1.165, 1.54) is 5.56 Å². The molecule has 0 bridgehead atoms. The minimum Gasteiger partial charge on any atom is -0.376 e. The van der Waals surface area contributed by atoms with Gasteiger partial charge in [0, 0.05) is 43.6 Å². The number of morpholine rings is 1. The molecule has 1 aromatic carbocycles. The predicted octanol–water partition coefficient (Wildman–Crippen LogP) is 3.13. The van der Waals surface area contributed by atoms with Crippen molar-refractivity contribution in [2.24, 2.45) is 0 Å². The van der Waals surface area contributed by atoms with Crippen LogP contribution in [-0.2, 0) is 17.7 Å². The van der Waals surface area contributed by atoms with Crippen LogP contribution in [0.15, 0.2) is 42.7 Å². The molecule has 25 heavy (non-hydrogen) atoms. The third-order valence-electron chi connectivity index (χ3n) is 4.35. The highest BCUT2D eigenvalue weighted by Crippen LogP contribution is 2.15. The van der Waals surface area contributed by atoms with Crippen molar-refractivity contribution < 1.29 is 4.74 Å². The van der Waals surface area contributed by atoms with Crippen molar-refractivity contribution in [3.05, 3.63) is 53.9 Å². The Labute approximate surface area is 150 Å². The van der Waals surface area contributed by atoms with E-state index >= 15 is 0 Å². The van der Waals surface area contributed by atoms with E-state index < -0.39 is 0 Å². The molecule has 3 rings (SSSR count). The summed E-state index contributed by atoms with van der Waals surface area (Å²) in [6, 6.07) is 11.0. The topological polar surface area (TPSA) is 50.3 Å². The van der Waals surface area contributed by atoms with Gasteiger partial charge in [0.05, 0.1) is 12.7 Å². The second-order valence-corrected chi connectivity index (χ2v) is 6.97. The smallest absolute Gasteiger partial charge is 0.222 e. The molecule has 0 unspecified atom stereocenters. The van der Waals surface area contributed by atoms with Crippen LogP contribution in [0.4, 0.5) is 5.95 Å². The summed E-state index contributed by atoms with van der Waals surface area (Å²) in [5, 5.41) is 3.22. The van der Waals surface area contributed by atoms with Gasteiger partial charge < -0.3 is 10.1 Å². The number of ether oxygens (including phenoxy) is 1. The molecule has 5 nitrogen and oxygen atoms in total. The highest BCUT2D eigenvalue weighted by atomic mass is 16.5. The molecule has 134 valence electrons. The van der Waals surface area contributed by atoms with E-state index in [1.807, 2.05) is 12.4 Å². The van der Waals surface area contributed by atoms with Crippen LogP contribution in [0.1, 0.15) is 31.4 Å². The summed E-state index contributed by atoms with van der Waals surface area (Å²) in [7, 11) is 0. The van der Waals surface area contributed by atoms with Crippen molar-refractivity contribution in [2.45, 2.75) is 45.4 Å². The fraction of sp³-hybridized carbons (Fsp3) is 0.500. The summed E-state index contributed by atoms with van der Waals surface area (Å²) >= 11 is 0. The van der Waals surface area contributed by atoms with Crippen molar-refractivity contribution in [3.8, 4) is 0 Å². The molecule has 1 atom stereocenters. The number of benzene rings is 1. The number of aryl methyl sites for hydroxylation is 1. The third-order valence-corrected chi connectivity index (χ3v) is 4.35. The fourth-order valence-corrected chi connectivity index (χ4v) is 3.10. The van der Waals surface area contributed by atoms with Gasteiger partial charge in [0.15, 0.2) is 0 Å². The lowest BCUT2D eigenvalue weighted by molar-refractivity contribution is -0.0346. The van der Waals surface area contributed by atoms with Gasteiger partial charge in [-0.05, 0) is 32.3 Å². The van der Waals surface area contributed by atoms with Gasteiger partial charge in [-0.25, -0.2) is 9.97 Å².